The van der Waals surface area contributed by atoms with Crippen LogP contribution in [0.25, 0.3) is 0 Å². The van der Waals surface area contributed by atoms with E-state index in [4.69, 9.17) is 0 Å². The average molecular weight is 277 g/mol. The lowest BCUT2D eigenvalue weighted by molar-refractivity contribution is 0.341. The summed E-state index contributed by atoms with van der Waals surface area (Å²) in [6.07, 6.45) is 0. The van der Waals surface area contributed by atoms with Crippen LogP contribution in [0.15, 0.2) is 60.7 Å². The Morgan fingerprint density at radius 1 is 0.789 bits per heavy atom. The molecule has 0 bridgehead atoms. The van der Waals surface area contributed by atoms with Crippen molar-refractivity contribution in [2.24, 2.45) is 0 Å². The number of hydrogen-bond acceptors (Lipinski definition) is 2. The van der Waals surface area contributed by atoms with Gasteiger partial charge in [-0.3, -0.25) is 4.55 Å². The van der Waals surface area contributed by atoms with Gasteiger partial charge in [-0.1, -0.05) is 60.7 Å². The first-order valence-corrected chi connectivity index (χ1v) is 7.26. The van der Waals surface area contributed by atoms with Gasteiger partial charge in [-0.15, -0.1) is 0 Å². The molecule has 0 fully saturated rings. The molecule has 0 amide bonds. The summed E-state index contributed by atoms with van der Waals surface area (Å²) in [5.41, 5.74) is 1.66. The fourth-order valence-corrected chi connectivity index (χ4v) is 2.42. The first kappa shape index (κ1) is 13.7. The Hall–Kier alpha value is -1.69. The third kappa shape index (κ3) is 4.17. The smallest absolute Gasteiger partial charge is 0.273 e. The molecule has 0 unspecified atom stereocenters. The van der Waals surface area contributed by atoms with Gasteiger partial charge in [-0.05, 0) is 11.1 Å². The van der Waals surface area contributed by atoms with Crippen LogP contribution in [0, 0.1) is 0 Å². The summed E-state index contributed by atoms with van der Waals surface area (Å²) in [7, 11) is -4.23. The van der Waals surface area contributed by atoms with Crippen molar-refractivity contribution in [2.75, 3.05) is 0 Å². The summed E-state index contributed by atoms with van der Waals surface area (Å²) < 4.78 is 33.2. The predicted molar refractivity (Wildman–Crippen MR) is 73.7 cm³/mol. The minimum absolute atomic E-state index is 0.147. The van der Waals surface area contributed by atoms with E-state index in [1.165, 1.54) is 0 Å². The van der Waals surface area contributed by atoms with Crippen LogP contribution in [0.4, 0.5) is 0 Å². The van der Waals surface area contributed by atoms with Crippen molar-refractivity contribution in [3.05, 3.63) is 71.8 Å². The van der Waals surface area contributed by atoms with Gasteiger partial charge in [0.2, 0.25) is 0 Å². The zero-order chi connectivity index (χ0) is 13.7. The second-order valence-electron chi connectivity index (χ2n) is 4.22. The molecule has 0 aliphatic carbocycles. The lowest BCUT2D eigenvalue weighted by atomic mass is 10.2. The molecule has 0 saturated heterocycles. The van der Waals surface area contributed by atoms with E-state index in [2.05, 4.69) is 0 Å². The normalized spacial score (nSPS) is 11.7. The molecule has 2 rings (SSSR count). The van der Waals surface area contributed by atoms with E-state index in [-0.39, 0.29) is 13.1 Å². The van der Waals surface area contributed by atoms with Crippen LogP contribution in [0.2, 0.25) is 0 Å². The third-order valence-corrected chi connectivity index (χ3v) is 3.64. The fraction of sp³-hybridized carbons (Fsp3) is 0.143. The zero-order valence-corrected chi connectivity index (χ0v) is 11.1. The highest BCUT2D eigenvalue weighted by Crippen LogP contribution is 2.12. The molecule has 0 aliphatic rings. The molecule has 0 heterocycles. The van der Waals surface area contributed by atoms with Crippen LogP contribution in [0.3, 0.4) is 0 Å². The van der Waals surface area contributed by atoms with E-state index in [0.29, 0.717) is 0 Å². The molecule has 4 nitrogen and oxygen atoms in total. The van der Waals surface area contributed by atoms with E-state index in [1.54, 1.807) is 0 Å². The van der Waals surface area contributed by atoms with Gasteiger partial charge < -0.3 is 0 Å². The van der Waals surface area contributed by atoms with E-state index in [0.717, 1.165) is 15.4 Å². The second-order valence-corrected chi connectivity index (χ2v) is 5.63. The molecule has 0 spiro atoms. The Labute approximate surface area is 113 Å². The van der Waals surface area contributed by atoms with E-state index in [9.17, 15) is 13.0 Å². The number of rotatable bonds is 5. The molecule has 0 saturated carbocycles. The van der Waals surface area contributed by atoms with E-state index in [1.807, 2.05) is 60.7 Å². The summed E-state index contributed by atoms with van der Waals surface area (Å²) >= 11 is 0. The molecule has 0 radical (unpaired) electrons. The van der Waals surface area contributed by atoms with Crippen LogP contribution in [-0.4, -0.2) is 17.3 Å². The van der Waals surface area contributed by atoms with Gasteiger partial charge >= 0.3 is 10.3 Å². The summed E-state index contributed by atoms with van der Waals surface area (Å²) in [6.45, 7) is 0.295. The predicted octanol–water partition coefficient (Wildman–Crippen LogP) is 2.49. The monoisotopic (exact) mass is 277 g/mol. The van der Waals surface area contributed by atoms with Crippen LogP contribution in [-0.2, 0) is 23.4 Å². The van der Waals surface area contributed by atoms with Gasteiger partial charge in [0.15, 0.2) is 0 Å². The molecule has 0 aromatic heterocycles. The van der Waals surface area contributed by atoms with Crippen LogP contribution in [0.5, 0.6) is 0 Å². The van der Waals surface area contributed by atoms with Crippen molar-refractivity contribution in [1.29, 1.82) is 0 Å². The number of hydrogen-bond donors (Lipinski definition) is 1. The summed E-state index contributed by atoms with van der Waals surface area (Å²) in [4.78, 5) is 0. The van der Waals surface area contributed by atoms with Crippen LogP contribution in [0.1, 0.15) is 11.1 Å². The average Bonchev–Trinajstić information content (AvgIpc) is 2.39. The highest BCUT2D eigenvalue weighted by molar-refractivity contribution is 7.83. The highest BCUT2D eigenvalue weighted by Gasteiger charge is 2.19. The SMILES string of the molecule is O=S(=O)(O)N(Cc1ccccc1)Cc1ccccc1. The Morgan fingerprint density at radius 3 is 1.47 bits per heavy atom. The molecule has 100 valence electrons. The number of benzene rings is 2. The van der Waals surface area contributed by atoms with Crippen LogP contribution < -0.4 is 0 Å². The molecule has 0 aliphatic heterocycles. The second kappa shape index (κ2) is 5.97. The standard InChI is InChI=1S/C14H15NO3S/c16-19(17,18)15(11-13-7-3-1-4-8-13)12-14-9-5-2-6-10-14/h1-10H,11-12H2,(H,16,17,18). The molecule has 0 atom stereocenters. The lowest BCUT2D eigenvalue weighted by Gasteiger charge is -2.18. The zero-order valence-electron chi connectivity index (χ0n) is 10.3. The van der Waals surface area contributed by atoms with Crippen molar-refractivity contribution in [2.45, 2.75) is 13.1 Å². The van der Waals surface area contributed by atoms with Crippen molar-refractivity contribution < 1.29 is 13.0 Å². The molecule has 19 heavy (non-hydrogen) atoms. The summed E-state index contributed by atoms with van der Waals surface area (Å²) in [5, 5.41) is 0. The molecule has 2 aromatic rings. The van der Waals surface area contributed by atoms with E-state index >= 15 is 0 Å². The van der Waals surface area contributed by atoms with Gasteiger partial charge in [0.1, 0.15) is 0 Å². The van der Waals surface area contributed by atoms with Gasteiger partial charge in [-0.25, -0.2) is 0 Å². The number of nitrogens with zero attached hydrogens (tertiary/aromatic N) is 1. The van der Waals surface area contributed by atoms with E-state index < -0.39 is 10.3 Å². The Balaban J connectivity index is 2.18. The van der Waals surface area contributed by atoms with Gasteiger partial charge in [0, 0.05) is 13.1 Å². The van der Waals surface area contributed by atoms with Crippen molar-refractivity contribution >= 4 is 10.3 Å². The molecular weight excluding hydrogens is 262 g/mol. The van der Waals surface area contributed by atoms with Crippen LogP contribution >= 0.6 is 0 Å². The summed E-state index contributed by atoms with van der Waals surface area (Å²) in [5.74, 6) is 0. The molecule has 2 aromatic carbocycles. The van der Waals surface area contributed by atoms with Gasteiger partial charge in [0.05, 0.1) is 0 Å². The third-order valence-electron chi connectivity index (χ3n) is 2.73. The van der Waals surface area contributed by atoms with Crippen molar-refractivity contribution in [3.63, 3.8) is 0 Å². The quantitative estimate of drug-likeness (QED) is 0.854. The molecular formula is C14H15NO3S. The Bertz CT molecular complexity index is 570. The Kier molecular flexibility index (Phi) is 4.31. The van der Waals surface area contributed by atoms with Crippen molar-refractivity contribution in [1.82, 2.24) is 4.31 Å². The first-order valence-electron chi connectivity index (χ1n) is 5.86. The minimum atomic E-state index is -4.23. The maximum absolute atomic E-state index is 11.4. The molecule has 1 N–H and O–H groups in total. The fourth-order valence-electron chi connectivity index (χ4n) is 1.79. The topological polar surface area (TPSA) is 57.6 Å². The van der Waals surface area contributed by atoms with Gasteiger partial charge in [-0.2, -0.15) is 12.7 Å². The maximum Gasteiger partial charge on any atom is 0.336 e. The Morgan fingerprint density at radius 2 is 1.16 bits per heavy atom. The maximum atomic E-state index is 11.4. The lowest BCUT2D eigenvalue weighted by Crippen LogP contribution is -2.29. The minimum Gasteiger partial charge on any atom is -0.273 e. The summed E-state index contributed by atoms with van der Waals surface area (Å²) in [6, 6.07) is 18.3. The largest absolute Gasteiger partial charge is 0.336 e. The first-order chi connectivity index (χ1) is 9.05. The molecule has 5 heteroatoms. The highest BCUT2D eigenvalue weighted by atomic mass is 32.2. The van der Waals surface area contributed by atoms with Crippen molar-refractivity contribution in [3.8, 4) is 0 Å². The van der Waals surface area contributed by atoms with Gasteiger partial charge in [0.25, 0.3) is 0 Å².